The van der Waals surface area contributed by atoms with Crippen LogP contribution in [0.5, 0.6) is 0 Å². The summed E-state index contributed by atoms with van der Waals surface area (Å²) >= 11 is 0. The molecule has 1 N–H and O–H groups in total. The van der Waals surface area contributed by atoms with Gasteiger partial charge in [-0.15, -0.1) is 0 Å². The molecule has 1 aliphatic rings. The second kappa shape index (κ2) is 10.1. The van der Waals surface area contributed by atoms with Gasteiger partial charge in [-0.1, -0.05) is 66.7 Å². The third-order valence-electron chi connectivity index (χ3n) is 6.87. The molecule has 3 aromatic carbocycles. The number of aliphatic carboxylic acids is 1. The van der Waals surface area contributed by atoms with Crippen LogP contribution < -0.4 is 0 Å². The Kier molecular flexibility index (Phi) is 7.15. The molecule has 3 aromatic rings. The lowest BCUT2D eigenvalue weighted by atomic mass is 9.94. The number of fused-ring (bicyclic) bond motifs is 1. The van der Waals surface area contributed by atoms with Crippen LogP contribution in [0, 0.1) is 0 Å². The Morgan fingerprint density at radius 1 is 1.03 bits per heavy atom. The fourth-order valence-electron chi connectivity index (χ4n) is 5.35. The van der Waals surface area contributed by atoms with Crippen LogP contribution in [0.15, 0.2) is 66.7 Å². The van der Waals surface area contributed by atoms with Crippen molar-refractivity contribution in [1.82, 2.24) is 4.90 Å². The summed E-state index contributed by atoms with van der Waals surface area (Å²) in [6.45, 7) is 7.79. The minimum Gasteiger partial charge on any atom is -0.481 e. The minimum absolute atomic E-state index is 0.0200. The summed E-state index contributed by atoms with van der Waals surface area (Å²) in [5, 5.41) is 11.5. The van der Waals surface area contributed by atoms with Gasteiger partial charge in [0.2, 0.25) is 0 Å². The van der Waals surface area contributed by atoms with Crippen molar-refractivity contribution in [3.8, 4) is 0 Å². The molecule has 0 aromatic heterocycles. The third kappa shape index (κ3) is 5.84. The van der Waals surface area contributed by atoms with Crippen molar-refractivity contribution >= 4 is 22.8 Å². The lowest BCUT2D eigenvalue weighted by Crippen LogP contribution is -2.44. The molecule has 0 radical (unpaired) electrons. The van der Waals surface area contributed by atoms with Gasteiger partial charge in [-0.3, -0.25) is 9.69 Å². The van der Waals surface area contributed by atoms with Crippen LogP contribution in [-0.4, -0.2) is 33.7 Å². The van der Waals surface area contributed by atoms with E-state index in [4.69, 9.17) is 4.74 Å². The second-order valence-electron chi connectivity index (χ2n) is 10.6. The van der Waals surface area contributed by atoms with Crippen molar-refractivity contribution < 1.29 is 19.4 Å². The number of carbonyl (C=O) groups is 2. The molecule has 0 spiro atoms. The van der Waals surface area contributed by atoms with Crippen LogP contribution in [-0.2, 0) is 16.0 Å². The summed E-state index contributed by atoms with van der Waals surface area (Å²) in [5.74, 6) is -0.551. The molecule has 1 amide bonds. The summed E-state index contributed by atoms with van der Waals surface area (Å²) in [6, 6.07) is 22.3. The molecule has 0 bridgehead atoms. The number of amides is 1. The predicted molar refractivity (Wildman–Crippen MR) is 139 cm³/mol. The zero-order valence-corrected chi connectivity index (χ0v) is 21.0. The number of nitrogens with zero attached hydrogens (tertiary/aromatic N) is 1. The fraction of sp³-hybridized carbons (Fsp3) is 0.400. The molecule has 5 heteroatoms. The van der Waals surface area contributed by atoms with Gasteiger partial charge < -0.3 is 9.84 Å². The summed E-state index contributed by atoms with van der Waals surface area (Å²) in [6.07, 6.45) is 2.38. The molecule has 35 heavy (non-hydrogen) atoms. The normalized spacial score (nSPS) is 18.9. The van der Waals surface area contributed by atoms with E-state index >= 15 is 0 Å². The van der Waals surface area contributed by atoms with Gasteiger partial charge in [0, 0.05) is 6.04 Å². The van der Waals surface area contributed by atoms with E-state index < -0.39 is 11.6 Å². The van der Waals surface area contributed by atoms with Crippen LogP contribution in [0.1, 0.15) is 75.6 Å². The van der Waals surface area contributed by atoms with Crippen LogP contribution in [0.25, 0.3) is 10.8 Å². The van der Waals surface area contributed by atoms with E-state index in [2.05, 4.69) is 37.3 Å². The summed E-state index contributed by atoms with van der Waals surface area (Å²) in [7, 11) is 0. The van der Waals surface area contributed by atoms with Crippen LogP contribution in [0.4, 0.5) is 4.79 Å². The SMILES string of the molecule is C[C@H](c1cccc2ccccc12)N(C(=O)OC(C)(C)C)[C@H]1CC[C@@H](c2cccc(CC(=O)O)c2)C1. The topological polar surface area (TPSA) is 66.8 Å². The van der Waals surface area contributed by atoms with Crippen molar-refractivity contribution in [2.75, 3.05) is 0 Å². The van der Waals surface area contributed by atoms with Crippen molar-refractivity contribution in [2.45, 2.75) is 77.0 Å². The maximum Gasteiger partial charge on any atom is 0.411 e. The Labute approximate surface area is 207 Å². The summed E-state index contributed by atoms with van der Waals surface area (Å²) in [4.78, 5) is 26.7. The van der Waals surface area contributed by atoms with Crippen molar-refractivity contribution in [3.05, 3.63) is 83.4 Å². The molecule has 1 aliphatic carbocycles. The Morgan fingerprint density at radius 2 is 1.74 bits per heavy atom. The van der Waals surface area contributed by atoms with E-state index in [0.29, 0.717) is 0 Å². The molecule has 5 nitrogen and oxygen atoms in total. The Balaban J connectivity index is 1.64. The van der Waals surface area contributed by atoms with Crippen molar-refractivity contribution in [3.63, 3.8) is 0 Å². The molecule has 0 unspecified atom stereocenters. The zero-order chi connectivity index (χ0) is 25.2. The average Bonchev–Trinajstić information content (AvgIpc) is 3.27. The Hall–Kier alpha value is -3.34. The number of rotatable bonds is 6. The smallest absolute Gasteiger partial charge is 0.411 e. The zero-order valence-electron chi connectivity index (χ0n) is 21.0. The molecule has 3 atom stereocenters. The maximum atomic E-state index is 13.6. The van der Waals surface area contributed by atoms with Gasteiger partial charge in [0.05, 0.1) is 12.5 Å². The Bertz CT molecular complexity index is 1210. The molecule has 0 aliphatic heterocycles. The fourth-order valence-corrected chi connectivity index (χ4v) is 5.35. The number of carboxylic acid groups (broad SMARTS) is 1. The van der Waals surface area contributed by atoms with Gasteiger partial charge in [0.25, 0.3) is 0 Å². The van der Waals surface area contributed by atoms with E-state index in [1.54, 1.807) is 0 Å². The molecule has 0 saturated heterocycles. The van der Waals surface area contributed by atoms with Gasteiger partial charge >= 0.3 is 12.1 Å². The second-order valence-corrected chi connectivity index (χ2v) is 10.6. The molecular weight excluding hydrogens is 438 g/mol. The van der Waals surface area contributed by atoms with E-state index in [0.717, 1.165) is 46.7 Å². The molecule has 0 heterocycles. The lowest BCUT2D eigenvalue weighted by Gasteiger charge is -2.37. The molecule has 184 valence electrons. The van der Waals surface area contributed by atoms with Crippen LogP contribution in [0.2, 0.25) is 0 Å². The van der Waals surface area contributed by atoms with Gasteiger partial charge in [0.15, 0.2) is 0 Å². The van der Waals surface area contributed by atoms with E-state index in [1.807, 2.05) is 62.1 Å². The average molecular weight is 474 g/mol. The standard InChI is InChI=1S/C30H35NO4/c1-20(26-14-8-11-22-10-5-6-13-27(22)26)31(29(34)35-30(2,3)4)25-16-15-24(19-25)23-12-7-9-21(17-23)18-28(32)33/h5-14,17,20,24-25H,15-16,18-19H2,1-4H3,(H,32,33)/t20-,24-,25+/m1/s1. The number of carboxylic acids is 1. The first kappa shape index (κ1) is 24.8. The first-order chi connectivity index (χ1) is 16.6. The highest BCUT2D eigenvalue weighted by Crippen LogP contribution is 2.41. The van der Waals surface area contributed by atoms with Crippen molar-refractivity contribution in [2.24, 2.45) is 0 Å². The van der Waals surface area contributed by atoms with Gasteiger partial charge in [-0.05, 0) is 80.3 Å². The van der Waals surface area contributed by atoms with Gasteiger partial charge in [-0.25, -0.2) is 4.79 Å². The highest BCUT2D eigenvalue weighted by Gasteiger charge is 2.38. The summed E-state index contributed by atoms with van der Waals surface area (Å²) in [5.41, 5.74) is 2.48. The number of hydrogen-bond acceptors (Lipinski definition) is 3. The largest absolute Gasteiger partial charge is 0.481 e. The van der Waals surface area contributed by atoms with Gasteiger partial charge in [-0.2, -0.15) is 0 Å². The van der Waals surface area contributed by atoms with Crippen LogP contribution in [0.3, 0.4) is 0 Å². The third-order valence-corrected chi connectivity index (χ3v) is 6.87. The number of hydrogen-bond donors (Lipinski definition) is 1. The van der Waals surface area contributed by atoms with Crippen LogP contribution >= 0.6 is 0 Å². The quantitative estimate of drug-likeness (QED) is 0.415. The first-order valence-corrected chi connectivity index (χ1v) is 12.4. The number of carbonyl (C=O) groups excluding carboxylic acids is 1. The Morgan fingerprint density at radius 3 is 2.49 bits per heavy atom. The molecular formula is C30H35NO4. The van der Waals surface area contributed by atoms with E-state index in [-0.39, 0.29) is 30.5 Å². The highest BCUT2D eigenvalue weighted by molar-refractivity contribution is 5.86. The number of benzene rings is 3. The van der Waals surface area contributed by atoms with Gasteiger partial charge in [0.1, 0.15) is 5.60 Å². The molecule has 1 saturated carbocycles. The highest BCUT2D eigenvalue weighted by atomic mass is 16.6. The maximum absolute atomic E-state index is 13.6. The van der Waals surface area contributed by atoms with E-state index in [1.165, 1.54) is 0 Å². The summed E-state index contributed by atoms with van der Waals surface area (Å²) < 4.78 is 5.89. The minimum atomic E-state index is -0.827. The lowest BCUT2D eigenvalue weighted by molar-refractivity contribution is -0.136. The van der Waals surface area contributed by atoms with E-state index in [9.17, 15) is 14.7 Å². The monoisotopic (exact) mass is 473 g/mol. The number of ether oxygens (including phenoxy) is 1. The first-order valence-electron chi connectivity index (χ1n) is 12.4. The van der Waals surface area contributed by atoms with Crippen molar-refractivity contribution in [1.29, 1.82) is 0 Å². The molecule has 4 rings (SSSR count). The predicted octanol–water partition coefficient (Wildman–Crippen LogP) is 7.10. The molecule has 1 fully saturated rings.